The maximum Gasteiger partial charge on any atom is 0.420 e. The molecule has 0 bridgehead atoms. The lowest BCUT2D eigenvalue weighted by Gasteiger charge is -2.15. The summed E-state index contributed by atoms with van der Waals surface area (Å²) in [6.45, 7) is 1.22. The van der Waals surface area contributed by atoms with Crippen molar-refractivity contribution in [1.29, 1.82) is 0 Å². The van der Waals surface area contributed by atoms with Gasteiger partial charge in [0.15, 0.2) is 11.5 Å². The molecule has 1 aromatic carbocycles. The van der Waals surface area contributed by atoms with E-state index in [1.54, 1.807) is 0 Å². The van der Waals surface area contributed by atoms with Crippen LogP contribution in [0.15, 0.2) is 12.1 Å². The lowest BCUT2D eigenvalue weighted by molar-refractivity contribution is -0.138. The minimum Gasteiger partial charge on any atom is -0.494 e. The number of nitrogens with two attached hydrogens (primary N) is 1. The first-order chi connectivity index (χ1) is 7.29. The van der Waals surface area contributed by atoms with Gasteiger partial charge in [-0.25, -0.2) is 0 Å². The van der Waals surface area contributed by atoms with Crippen molar-refractivity contribution in [2.75, 3.05) is 12.8 Å². The van der Waals surface area contributed by atoms with E-state index < -0.39 is 23.3 Å². The molecule has 2 N–H and O–H groups in total. The summed E-state index contributed by atoms with van der Waals surface area (Å²) in [5.41, 5.74) is 4.19. The molecule has 0 heterocycles. The van der Waals surface area contributed by atoms with Crippen molar-refractivity contribution in [2.24, 2.45) is 0 Å². The van der Waals surface area contributed by atoms with E-state index in [9.17, 15) is 18.0 Å². The Morgan fingerprint density at radius 2 is 1.94 bits per heavy atom. The topological polar surface area (TPSA) is 52.3 Å². The number of anilines is 1. The summed E-state index contributed by atoms with van der Waals surface area (Å²) in [5.74, 6) is -0.926. The number of Topliss-reactive ketones (excluding diaryl/α,β-unsaturated/α-hetero) is 1. The van der Waals surface area contributed by atoms with Crippen LogP contribution in [0.3, 0.4) is 0 Å². The monoisotopic (exact) mass is 233 g/mol. The third-order valence-corrected chi connectivity index (χ3v) is 2.08. The largest absolute Gasteiger partial charge is 0.494 e. The Bertz CT molecular complexity index is 427. The number of carbonyl (C=O) groups excluding carboxylic acids is 1. The third-order valence-electron chi connectivity index (χ3n) is 2.08. The van der Waals surface area contributed by atoms with Gasteiger partial charge in [-0.05, 0) is 19.1 Å². The maximum atomic E-state index is 12.5. The zero-order chi connectivity index (χ0) is 12.5. The average Bonchev–Trinajstić information content (AvgIpc) is 2.15. The molecule has 0 unspecified atom stereocenters. The van der Waals surface area contributed by atoms with Crippen LogP contribution in [0.2, 0.25) is 0 Å². The predicted molar refractivity (Wildman–Crippen MR) is 52.4 cm³/mol. The van der Waals surface area contributed by atoms with Crippen LogP contribution in [0.25, 0.3) is 0 Å². The number of carbonyl (C=O) groups is 1. The molecule has 0 spiro atoms. The number of benzene rings is 1. The fourth-order valence-corrected chi connectivity index (χ4v) is 1.35. The molecule has 0 amide bonds. The molecule has 0 aliphatic carbocycles. The van der Waals surface area contributed by atoms with Gasteiger partial charge in [0.05, 0.1) is 18.4 Å². The Hall–Kier alpha value is -1.72. The molecule has 0 fully saturated rings. The highest BCUT2D eigenvalue weighted by Gasteiger charge is 2.35. The predicted octanol–water partition coefficient (Wildman–Crippen LogP) is 2.50. The van der Waals surface area contributed by atoms with E-state index in [4.69, 9.17) is 5.73 Å². The van der Waals surface area contributed by atoms with Gasteiger partial charge < -0.3 is 10.5 Å². The molecule has 0 saturated heterocycles. The van der Waals surface area contributed by atoms with E-state index in [1.807, 2.05) is 0 Å². The summed E-state index contributed by atoms with van der Waals surface area (Å²) in [6, 6.07) is 1.83. The standard InChI is InChI=1S/C10H10F3NO2/c1-5(15)6-3-4-7(10(11,12)13)9(16-2)8(6)14/h3-4H,14H2,1-2H3. The first-order valence-electron chi connectivity index (χ1n) is 4.33. The Morgan fingerprint density at radius 3 is 2.31 bits per heavy atom. The Morgan fingerprint density at radius 1 is 1.38 bits per heavy atom. The van der Waals surface area contributed by atoms with Gasteiger partial charge in [0.1, 0.15) is 0 Å². The highest BCUT2D eigenvalue weighted by molar-refractivity contribution is 6.00. The fourth-order valence-electron chi connectivity index (χ4n) is 1.35. The first-order valence-corrected chi connectivity index (χ1v) is 4.33. The summed E-state index contributed by atoms with van der Waals surface area (Å²) >= 11 is 0. The number of ketones is 1. The normalized spacial score (nSPS) is 11.3. The molecule has 3 nitrogen and oxygen atoms in total. The highest BCUT2D eigenvalue weighted by Crippen LogP contribution is 2.40. The zero-order valence-electron chi connectivity index (χ0n) is 8.68. The number of halogens is 3. The molecule has 6 heteroatoms. The van der Waals surface area contributed by atoms with Crippen LogP contribution >= 0.6 is 0 Å². The number of hydrogen-bond donors (Lipinski definition) is 1. The molecule has 88 valence electrons. The second-order valence-electron chi connectivity index (χ2n) is 3.16. The number of alkyl halides is 3. The van der Waals surface area contributed by atoms with Gasteiger partial charge >= 0.3 is 6.18 Å². The quantitative estimate of drug-likeness (QED) is 0.630. The molecule has 0 aromatic heterocycles. The van der Waals surface area contributed by atoms with Crippen LogP contribution in [0, 0.1) is 0 Å². The van der Waals surface area contributed by atoms with E-state index in [-0.39, 0.29) is 11.3 Å². The van der Waals surface area contributed by atoms with E-state index in [2.05, 4.69) is 4.74 Å². The fraction of sp³-hybridized carbons (Fsp3) is 0.300. The van der Waals surface area contributed by atoms with Crippen LogP contribution in [0.1, 0.15) is 22.8 Å². The third kappa shape index (κ3) is 2.10. The lowest BCUT2D eigenvalue weighted by atomic mass is 10.0. The van der Waals surface area contributed by atoms with E-state index in [1.165, 1.54) is 6.92 Å². The number of hydrogen-bond acceptors (Lipinski definition) is 3. The number of rotatable bonds is 2. The molecule has 16 heavy (non-hydrogen) atoms. The summed E-state index contributed by atoms with van der Waals surface area (Å²) in [6.07, 6.45) is -4.56. The van der Waals surface area contributed by atoms with Crippen LogP contribution in [0.4, 0.5) is 18.9 Å². The Balaban J connectivity index is 3.47. The van der Waals surface area contributed by atoms with Crippen LogP contribution in [-0.2, 0) is 6.18 Å². The van der Waals surface area contributed by atoms with Crippen molar-refractivity contribution < 1.29 is 22.7 Å². The van der Waals surface area contributed by atoms with E-state index in [0.29, 0.717) is 0 Å². The summed E-state index contributed by atoms with van der Waals surface area (Å²) in [4.78, 5) is 11.1. The molecular formula is C10H10F3NO2. The van der Waals surface area contributed by atoms with Gasteiger partial charge in [-0.15, -0.1) is 0 Å². The van der Waals surface area contributed by atoms with Crippen LogP contribution in [-0.4, -0.2) is 12.9 Å². The molecular weight excluding hydrogens is 223 g/mol. The maximum absolute atomic E-state index is 12.5. The molecule has 0 atom stereocenters. The smallest absolute Gasteiger partial charge is 0.420 e. The highest BCUT2D eigenvalue weighted by atomic mass is 19.4. The molecule has 0 aliphatic rings. The van der Waals surface area contributed by atoms with Gasteiger partial charge in [0.2, 0.25) is 0 Å². The van der Waals surface area contributed by atoms with Crippen molar-refractivity contribution in [3.8, 4) is 5.75 Å². The molecule has 0 saturated carbocycles. The summed E-state index contributed by atoms with van der Waals surface area (Å²) in [5, 5.41) is 0. The second kappa shape index (κ2) is 4.03. The van der Waals surface area contributed by atoms with Crippen molar-refractivity contribution >= 4 is 11.5 Å². The SMILES string of the molecule is COc1c(C(F)(F)F)ccc(C(C)=O)c1N. The second-order valence-corrected chi connectivity index (χ2v) is 3.16. The van der Waals surface area contributed by atoms with Crippen molar-refractivity contribution in [3.05, 3.63) is 23.3 Å². The van der Waals surface area contributed by atoms with E-state index >= 15 is 0 Å². The zero-order valence-corrected chi connectivity index (χ0v) is 8.68. The average molecular weight is 233 g/mol. The van der Waals surface area contributed by atoms with E-state index in [0.717, 1.165) is 19.2 Å². The molecule has 1 aromatic rings. The van der Waals surface area contributed by atoms with Gasteiger partial charge in [-0.3, -0.25) is 4.79 Å². The Labute approximate surface area is 90.0 Å². The lowest BCUT2D eigenvalue weighted by Crippen LogP contribution is -2.11. The summed E-state index contributed by atoms with van der Waals surface area (Å²) in [7, 11) is 1.07. The summed E-state index contributed by atoms with van der Waals surface area (Å²) < 4.78 is 42.2. The number of nitrogen functional groups attached to an aromatic ring is 1. The van der Waals surface area contributed by atoms with Gasteiger partial charge in [-0.1, -0.05) is 0 Å². The van der Waals surface area contributed by atoms with Crippen LogP contribution < -0.4 is 10.5 Å². The molecule has 1 rings (SSSR count). The number of methoxy groups -OCH3 is 1. The van der Waals surface area contributed by atoms with Gasteiger partial charge in [-0.2, -0.15) is 13.2 Å². The minimum atomic E-state index is -4.56. The van der Waals surface area contributed by atoms with Crippen molar-refractivity contribution in [3.63, 3.8) is 0 Å². The molecule has 0 aliphatic heterocycles. The minimum absolute atomic E-state index is 0.0184. The number of ether oxygens (including phenoxy) is 1. The Kier molecular flexibility index (Phi) is 3.11. The van der Waals surface area contributed by atoms with Gasteiger partial charge in [0, 0.05) is 5.56 Å². The van der Waals surface area contributed by atoms with Crippen LogP contribution in [0.5, 0.6) is 5.75 Å². The van der Waals surface area contributed by atoms with Gasteiger partial charge in [0.25, 0.3) is 0 Å². The van der Waals surface area contributed by atoms with Crippen molar-refractivity contribution in [2.45, 2.75) is 13.1 Å². The first kappa shape index (κ1) is 12.4. The molecule has 0 radical (unpaired) electrons. The van der Waals surface area contributed by atoms with Crippen molar-refractivity contribution in [1.82, 2.24) is 0 Å².